The Morgan fingerprint density at radius 2 is 2.22 bits per heavy atom. The number of ether oxygens (including phenoxy) is 2. The summed E-state index contributed by atoms with van der Waals surface area (Å²) in [5, 5.41) is 4.85. The smallest absolute Gasteiger partial charge is 0.282 e. The maximum atomic E-state index is 12.7. The van der Waals surface area contributed by atoms with Crippen LogP contribution in [0.1, 0.15) is 25.0 Å². The third-order valence-electron chi connectivity index (χ3n) is 4.42. The minimum atomic E-state index is -0.269. The highest BCUT2D eigenvalue weighted by atomic mass is 32.1. The summed E-state index contributed by atoms with van der Waals surface area (Å²) < 4.78 is 13.0. The molecule has 1 aromatic heterocycles. The number of hydrogen-bond donors (Lipinski definition) is 1. The zero-order valence-corrected chi connectivity index (χ0v) is 15.9. The molecular formula is C20H19N3O3S. The van der Waals surface area contributed by atoms with Crippen LogP contribution in [0.2, 0.25) is 0 Å². The Bertz CT molecular complexity index is 1160. The third-order valence-corrected chi connectivity index (χ3v) is 4.70. The van der Waals surface area contributed by atoms with E-state index in [4.69, 9.17) is 21.7 Å². The number of H-pyrrole nitrogens is 1. The molecule has 0 saturated heterocycles. The zero-order chi connectivity index (χ0) is 19.0. The summed E-state index contributed by atoms with van der Waals surface area (Å²) >= 11 is 5.30. The lowest BCUT2D eigenvalue weighted by molar-refractivity contribution is 0.254. The number of nitrogens with one attached hydrogen (secondary N) is 1. The predicted molar refractivity (Wildman–Crippen MR) is 108 cm³/mol. The number of para-hydroxylation sites is 1. The molecule has 0 spiro atoms. The second-order valence-electron chi connectivity index (χ2n) is 6.40. The highest BCUT2D eigenvalue weighted by molar-refractivity contribution is 7.71. The fraction of sp³-hybridized carbons (Fsp3) is 0.250. The van der Waals surface area contributed by atoms with Crippen LogP contribution in [0.3, 0.4) is 0 Å². The predicted octanol–water partition coefficient (Wildman–Crippen LogP) is 3.66. The molecule has 138 valence electrons. The Hall–Kier alpha value is -2.93. The molecular weight excluding hydrogens is 362 g/mol. The van der Waals surface area contributed by atoms with Crippen molar-refractivity contribution >= 4 is 29.3 Å². The zero-order valence-electron chi connectivity index (χ0n) is 15.1. The number of fused-ring (bicyclic) bond motifs is 2. The topological polar surface area (TPSA) is 68.6 Å². The van der Waals surface area contributed by atoms with Crippen molar-refractivity contribution in [1.82, 2.24) is 9.66 Å². The SMILES string of the molecule is CCOc1cc2c(cc1/C=N\n1c(=S)[nH]c3ccccc3c1=O)O[C@@H](C)C2. The first kappa shape index (κ1) is 17.5. The molecule has 6 nitrogen and oxygen atoms in total. The van der Waals surface area contributed by atoms with Gasteiger partial charge in [-0.25, -0.2) is 0 Å². The summed E-state index contributed by atoms with van der Waals surface area (Å²) in [6.07, 6.45) is 2.57. The first-order valence-electron chi connectivity index (χ1n) is 8.81. The molecule has 0 unspecified atom stereocenters. The minimum Gasteiger partial charge on any atom is -0.493 e. The molecule has 1 aliphatic heterocycles. The van der Waals surface area contributed by atoms with Gasteiger partial charge >= 0.3 is 0 Å². The van der Waals surface area contributed by atoms with Crippen LogP contribution < -0.4 is 15.0 Å². The van der Waals surface area contributed by atoms with Gasteiger partial charge in [-0.2, -0.15) is 9.78 Å². The molecule has 3 aromatic rings. The summed E-state index contributed by atoms with van der Waals surface area (Å²) in [6, 6.07) is 11.1. The van der Waals surface area contributed by atoms with E-state index >= 15 is 0 Å². The lowest BCUT2D eigenvalue weighted by Crippen LogP contribution is -2.18. The van der Waals surface area contributed by atoms with E-state index in [0.29, 0.717) is 23.3 Å². The number of hydrogen-bond acceptors (Lipinski definition) is 5. The van der Waals surface area contributed by atoms with Crippen LogP contribution in [-0.4, -0.2) is 28.6 Å². The van der Waals surface area contributed by atoms with E-state index in [1.165, 1.54) is 4.68 Å². The van der Waals surface area contributed by atoms with Gasteiger partial charge in [-0.1, -0.05) is 12.1 Å². The fourth-order valence-electron chi connectivity index (χ4n) is 3.21. The lowest BCUT2D eigenvalue weighted by Gasteiger charge is -2.10. The highest BCUT2D eigenvalue weighted by Gasteiger charge is 2.21. The van der Waals surface area contributed by atoms with Crippen LogP contribution in [-0.2, 0) is 6.42 Å². The van der Waals surface area contributed by atoms with Crippen LogP contribution in [0.25, 0.3) is 10.9 Å². The standard InChI is InChI=1S/C20H19N3O3S/c1-3-25-17-9-13-8-12(2)26-18(13)10-14(17)11-21-23-19(24)15-6-4-5-7-16(15)22-20(23)27/h4-7,9-12H,3,8H2,1-2H3,(H,22,27)/b21-11-/t12-/m0/s1. The van der Waals surface area contributed by atoms with Crippen molar-refractivity contribution in [2.24, 2.45) is 5.10 Å². The summed E-state index contributed by atoms with van der Waals surface area (Å²) in [5.41, 5.74) is 2.27. The first-order valence-corrected chi connectivity index (χ1v) is 9.22. The Morgan fingerprint density at radius 3 is 3.04 bits per heavy atom. The molecule has 1 atom stereocenters. The molecule has 0 bridgehead atoms. The van der Waals surface area contributed by atoms with Gasteiger partial charge in [0, 0.05) is 17.5 Å². The van der Waals surface area contributed by atoms with Gasteiger partial charge in [-0.3, -0.25) is 4.79 Å². The van der Waals surface area contributed by atoms with Crippen LogP contribution in [0.15, 0.2) is 46.3 Å². The van der Waals surface area contributed by atoms with Gasteiger partial charge in [0.15, 0.2) is 0 Å². The van der Waals surface area contributed by atoms with Crippen molar-refractivity contribution in [2.45, 2.75) is 26.4 Å². The van der Waals surface area contributed by atoms with E-state index in [2.05, 4.69) is 10.1 Å². The molecule has 1 N–H and O–H groups in total. The molecule has 0 fully saturated rings. The molecule has 0 aliphatic carbocycles. The van der Waals surface area contributed by atoms with Crippen molar-refractivity contribution in [2.75, 3.05) is 6.61 Å². The lowest BCUT2D eigenvalue weighted by atomic mass is 10.1. The molecule has 27 heavy (non-hydrogen) atoms. The molecule has 0 saturated carbocycles. The number of benzene rings is 2. The van der Waals surface area contributed by atoms with Gasteiger partial charge in [0.25, 0.3) is 5.56 Å². The van der Waals surface area contributed by atoms with Gasteiger partial charge in [0.1, 0.15) is 17.6 Å². The van der Waals surface area contributed by atoms with Gasteiger partial charge in [-0.05, 0) is 50.3 Å². The van der Waals surface area contributed by atoms with E-state index in [9.17, 15) is 4.79 Å². The van der Waals surface area contributed by atoms with Crippen LogP contribution in [0, 0.1) is 4.77 Å². The van der Waals surface area contributed by atoms with Crippen molar-refractivity contribution in [3.05, 3.63) is 62.6 Å². The molecule has 7 heteroatoms. The van der Waals surface area contributed by atoms with Gasteiger partial charge in [0.2, 0.25) is 4.77 Å². The van der Waals surface area contributed by atoms with Crippen LogP contribution in [0.4, 0.5) is 0 Å². The maximum Gasteiger partial charge on any atom is 0.282 e. The first-order chi connectivity index (χ1) is 13.1. The summed E-state index contributed by atoms with van der Waals surface area (Å²) in [7, 11) is 0. The van der Waals surface area contributed by atoms with E-state index < -0.39 is 0 Å². The van der Waals surface area contributed by atoms with Gasteiger partial charge in [0.05, 0.1) is 23.7 Å². The number of aromatic amines is 1. The second kappa shape index (κ2) is 7.00. The molecule has 0 radical (unpaired) electrons. The van der Waals surface area contributed by atoms with E-state index in [1.54, 1.807) is 18.3 Å². The Labute approximate surface area is 161 Å². The Morgan fingerprint density at radius 1 is 1.41 bits per heavy atom. The molecule has 4 rings (SSSR count). The van der Waals surface area contributed by atoms with Gasteiger partial charge in [-0.15, -0.1) is 0 Å². The average Bonchev–Trinajstić information content (AvgIpc) is 3.00. The molecule has 1 aliphatic rings. The van der Waals surface area contributed by atoms with E-state index in [-0.39, 0.29) is 16.4 Å². The number of nitrogens with zero attached hydrogens (tertiary/aromatic N) is 2. The summed E-state index contributed by atoms with van der Waals surface area (Å²) in [4.78, 5) is 15.7. The molecule has 0 amide bonds. The van der Waals surface area contributed by atoms with Crippen LogP contribution >= 0.6 is 12.2 Å². The van der Waals surface area contributed by atoms with Gasteiger partial charge < -0.3 is 14.5 Å². The van der Waals surface area contributed by atoms with Crippen molar-refractivity contribution < 1.29 is 9.47 Å². The largest absolute Gasteiger partial charge is 0.493 e. The van der Waals surface area contributed by atoms with E-state index in [0.717, 1.165) is 23.3 Å². The minimum absolute atomic E-state index is 0.138. The molecule has 2 heterocycles. The Balaban J connectivity index is 1.80. The maximum absolute atomic E-state index is 12.7. The van der Waals surface area contributed by atoms with E-state index in [1.807, 2.05) is 38.1 Å². The monoisotopic (exact) mass is 381 g/mol. The number of rotatable bonds is 4. The average molecular weight is 381 g/mol. The third kappa shape index (κ3) is 3.26. The highest BCUT2D eigenvalue weighted by Crippen LogP contribution is 2.34. The quantitative estimate of drug-likeness (QED) is 0.553. The summed E-state index contributed by atoms with van der Waals surface area (Å²) in [6.45, 7) is 4.49. The van der Waals surface area contributed by atoms with Crippen molar-refractivity contribution in [3.8, 4) is 11.5 Å². The fourth-order valence-corrected chi connectivity index (χ4v) is 3.45. The van der Waals surface area contributed by atoms with Crippen molar-refractivity contribution in [3.63, 3.8) is 0 Å². The summed E-state index contributed by atoms with van der Waals surface area (Å²) in [5.74, 6) is 1.53. The van der Waals surface area contributed by atoms with Crippen molar-refractivity contribution in [1.29, 1.82) is 0 Å². The Kier molecular flexibility index (Phi) is 4.53. The van der Waals surface area contributed by atoms with Crippen LogP contribution in [0.5, 0.6) is 11.5 Å². The normalized spacial score (nSPS) is 15.9. The second-order valence-corrected chi connectivity index (χ2v) is 6.79. The number of aromatic nitrogens is 2. The molecule has 2 aromatic carbocycles.